The Kier molecular flexibility index (Phi) is 4.25. The maximum Gasteiger partial charge on any atom is 0.350 e. The standard InChI is InChI=1S/C15H16ClFN4O2.ClH/c16-11-12-9(7-10(17)13(11)19-5-1-2-6-19)14(22)21(18)15(23)20(12)8-3-4-8;/h7-8H,1-6,18H2;1H. The van der Waals surface area contributed by atoms with Crippen molar-refractivity contribution in [2.75, 3.05) is 23.8 Å². The molecule has 2 aliphatic rings. The SMILES string of the molecule is Cl.Nn1c(=O)c2cc(F)c(N3CCCC3)c(Cl)c2n(C2CC2)c1=O. The van der Waals surface area contributed by atoms with Crippen molar-refractivity contribution in [3.8, 4) is 0 Å². The van der Waals surface area contributed by atoms with Crippen LogP contribution >= 0.6 is 24.0 Å². The van der Waals surface area contributed by atoms with Crippen molar-refractivity contribution in [2.45, 2.75) is 31.7 Å². The summed E-state index contributed by atoms with van der Waals surface area (Å²) in [5.74, 6) is 5.02. The van der Waals surface area contributed by atoms with Gasteiger partial charge in [0.2, 0.25) is 0 Å². The van der Waals surface area contributed by atoms with Crippen LogP contribution in [0.2, 0.25) is 5.02 Å². The molecule has 24 heavy (non-hydrogen) atoms. The molecule has 0 spiro atoms. The third kappa shape index (κ3) is 2.38. The average Bonchev–Trinajstić information content (AvgIpc) is 3.21. The normalized spacial score (nSPS) is 17.3. The van der Waals surface area contributed by atoms with Gasteiger partial charge in [-0.15, -0.1) is 12.4 Å². The molecule has 0 bridgehead atoms. The van der Waals surface area contributed by atoms with Gasteiger partial charge < -0.3 is 10.7 Å². The largest absolute Gasteiger partial charge is 0.368 e. The van der Waals surface area contributed by atoms with Gasteiger partial charge in [-0.2, -0.15) is 4.68 Å². The molecule has 0 amide bonds. The summed E-state index contributed by atoms with van der Waals surface area (Å²) >= 11 is 6.47. The molecule has 6 nitrogen and oxygen atoms in total. The third-order valence-corrected chi connectivity index (χ3v) is 4.96. The first-order valence-corrected chi connectivity index (χ1v) is 8.07. The number of hydrogen-bond donors (Lipinski definition) is 1. The fourth-order valence-corrected chi connectivity index (χ4v) is 3.73. The molecule has 2 fully saturated rings. The Labute approximate surface area is 148 Å². The molecular weight excluding hydrogens is 358 g/mol. The molecule has 1 saturated carbocycles. The summed E-state index contributed by atoms with van der Waals surface area (Å²) < 4.78 is 16.6. The summed E-state index contributed by atoms with van der Waals surface area (Å²) in [5, 5.41) is 0.174. The van der Waals surface area contributed by atoms with Gasteiger partial charge in [-0.05, 0) is 31.7 Å². The highest BCUT2D eigenvalue weighted by atomic mass is 35.5. The van der Waals surface area contributed by atoms with E-state index < -0.39 is 17.1 Å². The highest BCUT2D eigenvalue weighted by Gasteiger charge is 2.31. The molecule has 1 aromatic heterocycles. The van der Waals surface area contributed by atoms with Crippen molar-refractivity contribution >= 4 is 40.6 Å². The van der Waals surface area contributed by atoms with E-state index in [2.05, 4.69) is 0 Å². The average molecular weight is 375 g/mol. The number of hydrogen-bond acceptors (Lipinski definition) is 4. The predicted molar refractivity (Wildman–Crippen MR) is 94.6 cm³/mol. The van der Waals surface area contributed by atoms with Gasteiger partial charge in [0.1, 0.15) is 5.82 Å². The monoisotopic (exact) mass is 374 g/mol. The van der Waals surface area contributed by atoms with Crippen molar-refractivity contribution < 1.29 is 4.39 Å². The lowest BCUT2D eigenvalue weighted by atomic mass is 10.2. The van der Waals surface area contributed by atoms with Crippen LogP contribution in [-0.4, -0.2) is 22.3 Å². The minimum Gasteiger partial charge on any atom is -0.368 e. The molecule has 130 valence electrons. The zero-order valence-corrected chi connectivity index (χ0v) is 14.4. The van der Waals surface area contributed by atoms with Gasteiger partial charge >= 0.3 is 5.69 Å². The van der Waals surface area contributed by atoms with Gasteiger partial charge in [0, 0.05) is 19.1 Å². The van der Waals surface area contributed by atoms with Gasteiger partial charge in [0.05, 0.1) is 21.6 Å². The Balaban J connectivity index is 0.00000169. The Bertz CT molecular complexity index is 930. The Morgan fingerprint density at radius 1 is 1.21 bits per heavy atom. The zero-order chi connectivity index (χ0) is 16.3. The van der Waals surface area contributed by atoms with Crippen LogP contribution in [0.1, 0.15) is 31.7 Å². The molecule has 2 heterocycles. The molecular formula is C15H17Cl2FN4O2. The van der Waals surface area contributed by atoms with E-state index in [1.165, 1.54) is 4.57 Å². The van der Waals surface area contributed by atoms with E-state index in [9.17, 15) is 14.0 Å². The minimum atomic E-state index is -0.726. The van der Waals surface area contributed by atoms with Crippen LogP contribution in [0.4, 0.5) is 10.1 Å². The first-order valence-electron chi connectivity index (χ1n) is 7.70. The summed E-state index contributed by atoms with van der Waals surface area (Å²) in [7, 11) is 0. The quantitative estimate of drug-likeness (QED) is 0.816. The van der Waals surface area contributed by atoms with Crippen LogP contribution in [0.25, 0.3) is 10.9 Å². The van der Waals surface area contributed by atoms with Crippen LogP contribution in [-0.2, 0) is 0 Å². The lowest BCUT2D eigenvalue weighted by Gasteiger charge is -2.22. The second-order valence-electron chi connectivity index (χ2n) is 6.17. The number of rotatable bonds is 2. The summed E-state index contributed by atoms with van der Waals surface area (Å²) in [4.78, 5) is 26.5. The van der Waals surface area contributed by atoms with Crippen molar-refractivity contribution in [1.29, 1.82) is 0 Å². The maximum absolute atomic E-state index is 14.6. The number of halogens is 3. The number of aromatic nitrogens is 2. The Hall–Kier alpha value is -1.73. The summed E-state index contributed by atoms with van der Waals surface area (Å²) in [6, 6.07) is 1.12. The summed E-state index contributed by atoms with van der Waals surface area (Å²) in [6.45, 7) is 1.42. The smallest absolute Gasteiger partial charge is 0.350 e. The predicted octanol–water partition coefficient (Wildman–Crippen LogP) is 2.03. The van der Waals surface area contributed by atoms with Crippen molar-refractivity contribution in [3.05, 3.63) is 37.7 Å². The molecule has 1 saturated heterocycles. The van der Waals surface area contributed by atoms with Crippen LogP contribution in [0.5, 0.6) is 0 Å². The van der Waals surface area contributed by atoms with Crippen molar-refractivity contribution in [3.63, 3.8) is 0 Å². The van der Waals surface area contributed by atoms with Crippen LogP contribution in [0.15, 0.2) is 15.7 Å². The van der Waals surface area contributed by atoms with E-state index in [1.54, 1.807) is 0 Å². The molecule has 9 heteroatoms. The van der Waals surface area contributed by atoms with Gasteiger partial charge in [-0.25, -0.2) is 9.18 Å². The number of nitrogen functional groups attached to an aromatic ring is 1. The van der Waals surface area contributed by atoms with Crippen molar-refractivity contribution in [1.82, 2.24) is 9.24 Å². The van der Waals surface area contributed by atoms with Crippen LogP contribution in [0, 0.1) is 5.82 Å². The van der Waals surface area contributed by atoms with Crippen LogP contribution in [0.3, 0.4) is 0 Å². The number of anilines is 1. The molecule has 0 unspecified atom stereocenters. The Morgan fingerprint density at radius 2 is 1.83 bits per heavy atom. The molecule has 2 aromatic rings. The van der Waals surface area contributed by atoms with E-state index in [0.717, 1.165) is 31.7 Å². The summed E-state index contributed by atoms with van der Waals surface area (Å²) in [6.07, 6.45) is 3.57. The second kappa shape index (κ2) is 5.97. The number of fused-ring (bicyclic) bond motifs is 1. The van der Waals surface area contributed by atoms with Gasteiger partial charge in [0.15, 0.2) is 0 Å². The lowest BCUT2D eigenvalue weighted by Crippen LogP contribution is -2.44. The Morgan fingerprint density at radius 3 is 2.42 bits per heavy atom. The summed E-state index contributed by atoms with van der Waals surface area (Å²) in [5.41, 5.74) is -0.754. The first-order chi connectivity index (χ1) is 11.0. The number of nitrogens with zero attached hydrogens (tertiary/aromatic N) is 3. The molecule has 4 rings (SSSR count). The molecule has 1 aromatic carbocycles. The fourth-order valence-electron chi connectivity index (χ4n) is 3.33. The zero-order valence-electron chi connectivity index (χ0n) is 12.8. The van der Waals surface area contributed by atoms with E-state index in [-0.39, 0.29) is 34.5 Å². The molecule has 1 aliphatic heterocycles. The van der Waals surface area contributed by atoms with E-state index in [0.29, 0.717) is 23.3 Å². The van der Waals surface area contributed by atoms with E-state index in [1.807, 2.05) is 4.90 Å². The minimum absolute atomic E-state index is 0. The molecule has 0 radical (unpaired) electrons. The maximum atomic E-state index is 14.6. The van der Waals surface area contributed by atoms with Gasteiger partial charge in [0.25, 0.3) is 5.56 Å². The lowest BCUT2D eigenvalue weighted by molar-refractivity contribution is 0.621. The van der Waals surface area contributed by atoms with Crippen molar-refractivity contribution in [2.24, 2.45) is 0 Å². The third-order valence-electron chi connectivity index (χ3n) is 4.60. The number of nitrogens with two attached hydrogens (primary N) is 1. The number of benzene rings is 1. The second-order valence-corrected chi connectivity index (χ2v) is 6.55. The van der Waals surface area contributed by atoms with E-state index in [4.69, 9.17) is 17.4 Å². The first kappa shape index (κ1) is 17.1. The fraction of sp³-hybridized carbons (Fsp3) is 0.467. The highest BCUT2D eigenvalue weighted by Crippen LogP contribution is 2.41. The van der Waals surface area contributed by atoms with Crippen LogP contribution < -0.4 is 22.0 Å². The van der Waals surface area contributed by atoms with Gasteiger partial charge in [-0.1, -0.05) is 11.6 Å². The van der Waals surface area contributed by atoms with Gasteiger partial charge in [-0.3, -0.25) is 9.36 Å². The topological polar surface area (TPSA) is 73.3 Å². The molecule has 0 atom stereocenters. The molecule has 1 aliphatic carbocycles. The highest BCUT2D eigenvalue weighted by molar-refractivity contribution is 6.38. The van der Waals surface area contributed by atoms with E-state index >= 15 is 0 Å². The molecule has 2 N–H and O–H groups in total.